The number of fused-ring (bicyclic) bond motifs is 4. The fourth-order valence-electron chi connectivity index (χ4n) is 14.6. The number of nitrogens with zero attached hydrogens (tertiary/aromatic N) is 11. The van der Waals surface area contributed by atoms with Crippen molar-refractivity contribution in [1.82, 2.24) is 55.6 Å². The zero-order chi connectivity index (χ0) is 72.2. The number of carbonyl (C=O) groups is 4. The summed E-state index contributed by atoms with van der Waals surface area (Å²) in [6, 6.07) is 31.2. The number of carbonyl (C=O) groups excluding carboxylic acids is 4. The van der Waals surface area contributed by atoms with Gasteiger partial charge in [-0.15, -0.1) is 40.8 Å². The summed E-state index contributed by atoms with van der Waals surface area (Å²) in [6.45, 7) is 24.9. The Kier molecular flexibility index (Phi) is 27.3. The van der Waals surface area contributed by atoms with E-state index in [-0.39, 0.29) is 61.0 Å². The largest absolute Gasteiger partial charge is 0.377 e. The minimum Gasteiger partial charge on any atom is -0.377 e. The Morgan fingerprint density at radius 1 is 0.647 bits per heavy atom. The Labute approximate surface area is 599 Å². The van der Waals surface area contributed by atoms with E-state index in [1.165, 1.54) is 55.2 Å². The predicted molar refractivity (Wildman–Crippen MR) is 390 cm³/mol. The van der Waals surface area contributed by atoms with Crippen LogP contribution in [0.1, 0.15) is 171 Å². The molecule has 1 aliphatic carbocycles. The highest BCUT2D eigenvalue weighted by molar-refractivity contribution is 6.02. The van der Waals surface area contributed by atoms with Gasteiger partial charge in [0.15, 0.2) is 23.2 Å². The summed E-state index contributed by atoms with van der Waals surface area (Å²) in [5.74, 6) is 2.34. The molecule has 5 aromatic carbocycles. The molecule has 23 nitrogen and oxygen atoms in total. The van der Waals surface area contributed by atoms with Crippen molar-refractivity contribution in [3.8, 4) is 22.8 Å². The van der Waals surface area contributed by atoms with E-state index in [2.05, 4.69) is 127 Å². The van der Waals surface area contributed by atoms with Gasteiger partial charge in [-0.25, -0.2) is 4.58 Å². The van der Waals surface area contributed by atoms with E-state index in [4.69, 9.17) is 34.2 Å². The molecule has 7 aromatic rings. The molecule has 0 spiro atoms. The van der Waals surface area contributed by atoms with Crippen molar-refractivity contribution in [3.63, 3.8) is 0 Å². The molecule has 1 unspecified atom stereocenters. The molecule has 0 fully saturated rings. The SMILES string of the molecule is CCN1c2cc3c(cc2C(C)CC1(C)C)C(c1ccccc1C(=O)N(C)CCCCC(=O)NCOCCOCCOCC(=O)CCc1ccc(-c2nnc(C)nn2)cc1)=c1cc2c4c(c1C3(C)C)CCC[N+]=4CCC2.Cc1nnc(-c2ccc(CCC(=O)COCCOCCOCN)cc2)nn1. The number of Topliss-reactive ketones (excluding diaryl/α,β-unsaturated/α-hetero) is 2. The topological polar surface area (TPSA) is 274 Å². The van der Waals surface area contributed by atoms with Crippen LogP contribution in [0, 0.1) is 13.8 Å². The molecule has 2 amide bonds. The summed E-state index contributed by atoms with van der Waals surface area (Å²) < 4.78 is 34.8. The first-order chi connectivity index (χ1) is 49.3. The number of nitrogens with two attached hydrogens (primary N) is 1. The molecule has 1 atom stereocenters. The number of aryl methyl sites for hydroxylation is 5. The summed E-state index contributed by atoms with van der Waals surface area (Å²) in [4.78, 5) is 56.2. The zero-order valence-electron chi connectivity index (χ0n) is 61.1. The predicted octanol–water partition coefficient (Wildman–Crippen LogP) is 7.90. The van der Waals surface area contributed by atoms with Gasteiger partial charge in [0.1, 0.15) is 33.0 Å². The maximum absolute atomic E-state index is 14.7. The van der Waals surface area contributed by atoms with Crippen molar-refractivity contribution < 1.29 is 47.6 Å². The van der Waals surface area contributed by atoms with Crippen molar-refractivity contribution >= 4 is 34.6 Å². The van der Waals surface area contributed by atoms with Gasteiger partial charge in [0.25, 0.3) is 5.91 Å². The molecule has 23 heteroatoms. The molecule has 0 radical (unpaired) electrons. The Bertz CT molecular complexity index is 4130. The van der Waals surface area contributed by atoms with E-state index in [0.29, 0.717) is 139 Å². The fourth-order valence-corrected chi connectivity index (χ4v) is 14.6. The number of rotatable bonds is 35. The number of amides is 2. The Hall–Kier alpha value is -8.55. The van der Waals surface area contributed by atoms with Crippen molar-refractivity contribution in [3.05, 3.63) is 169 Å². The van der Waals surface area contributed by atoms with Crippen LogP contribution in [-0.4, -0.2) is 187 Å². The minimum atomic E-state index is -0.254. The lowest BCUT2D eigenvalue weighted by Crippen LogP contribution is -2.50. The van der Waals surface area contributed by atoms with Gasteiger partial charge >= 0.3 is 0 Å². The summed E-state index contributed by atoms with van der Waals surface area (Å²) >= 11 is 0. The molecular formula is C79H102N13O10+. The van der Waals surface area contributed by atoms with Gasteiger partial charge in [0.2, 0.25) is 22.9 Å². The molecule has 0 bridgehead atoms. The van der Waals surface area contributed by atoms with Crippen LogP contribution in [0.3, 0.4) is 0 Å². The van der Waals surface area contributed by atoms with E-state index in [0.717, 1.165) is 79.6 Å². The average Bonchev–Trinajstić information content (AvgIpc) is 0.694. The molecule has 0 saturated carbocycles. The van der Waals surface area contributed by atoms with Gasteiger partial charge in [0, 0.05) is 96.7 Å². The maximum atomic E-state index is 14.7. The second kappa shape index (κ2) is 36.5. The third kappa shape index (κ3) is 19.6. The molecule has 4 aliphatic rings. The van der Waals surface area contributed by atoms with Gasteiger partial charge in [-0.05, 0) is 159 Å². The van der Waals surface area contributed by atoms with Crippen molar-refractivity contribution in [2.75, 3.05) is 118 Å². The highest BCUT2D eigenvalue weighted by Gasteiger charge is 2.43. The molecular weight excluding hydrogens is 1290 g/mol. The molecule has 0 saturated heterocycles. The number of ether oxygens (including phenoxy) is 6. The summed E-state index contributed by atoms with van der Waals surface area (Å²) in [5.41, 5.74) is 21.3. The molecule has 542 valence electrons. The Morgan fingerprint density at radius 3 is 1.77 bits per heavy atom. The summed E-state index contributed by atoms with van der Waals surface area (Å²) in [5, 5.41) is 37.4. The quantitative estimate of drug-likeness (QED) is 0.0217. The van der Waals surface area contributed by atoms with Crippen LogP contribution in [-0.2, 0) is 73.9 Å². The first-order valence-corrected chi connectivity index (χ1v) is 36.2. The summed E-state index contributed by atoms with van der Waals surface area (Å²) in [7, 11) is 1.88. The average molecular weight is 1390 g/mol. The van der Waals surface area contributed by atoms with Crippen LogP contribution >= 0.6 is 0 Å². The van der Waals surface area contributed by atoms with E-state index in [9.17, 15) is 19.2 Å². The Balaban J connectivity index is 0.000000348. The third-order valence-electron chi connectivity index (χ3n) is 19.6. The first-order valence-electron chi connectivity index (χ1n) is 36.2. The lowest BCUT2D eigenvalue weighted by atomic mass is 9.64. The number of nitrogens with one attached hydrogen (secondary N) is 1. The van der Waals surface area contributed by atoms with Crippen molar-refractivity contribution in [1.29, 1.82) is 0 Å². The second-order valence-electron chi connectivity index (χ2n) is 27.9. The Morgan fingerprint density at radius 2 is 1.20 bits per heavy atom. The van der Waals surface area contributed by atoms with Crippen LogP contribution in [0.5, 0.6) is 0 Å². The smallest absolute Gasteiger partial charge is 0.254 e. The number of benzene rings is 5. The molecule has 102 heavy (non-hydrogen) atoms. The normalized spacial score (nSPS) is 15.3. The van der Waals surface area contributed by atoms with Crippen LogP contribution in [0.4, 0.5) is 5.69 Å². The fraction of sp³-hybridized carbons (Fsp3) is 0.506. The van der Waals surface area contributed by atoms with Gasteiger partial charge in [0.05, 0.1) is 59.6 Å². The number of unbranched alkanes of at least 4 members (excludes halogenated alkanes) is 1. The molecule has 2 aromatic heterocycles. The van der Waals surface area contributed by atoms with Crippen LogP contribution in [0.25, 0.3) is 28.3 Å². The first kappa shape index (κ1) is 76.1. The molecule has 3 N–H and O–H groups in total. The van der Waals surface area contributed by atoms with Gasteiger partial charge in [-0.2, -0.15) is 0 Å². The zero-order valence-corrected chi connectivity index (χ0v) is 61.1. The van der Waals surface area contributed by atoms with E-state index in [1.54, 1.807) is 13.8 Å². The van der Waals surface area contributed by atoms with Crippen molar-refractivity contribution in [2.24, 2.45) is 5.73 Å². The van der Waals surface area contributed by atoms with Gasteiger partial charge in [-0.1, -0.05) is 87.5 Å². The minimum absolute atomic E-state index is 0.0114. The number of hydrogen-bond donors (Lipinski definition) is 2. The standard InChI is InChI=1S/C61H76N8O6.C18H25N5O4/c1-9-69-53-36-52-50(35-49(53)40(2)37-60(69,4)5)55(51-34-44-16-14-28-68-29-15-19-48(57(44)68)56(51)61(52,6)7)46-17-10-11-18-47(46)59(72)67(8)27-13-12-20-54(71)62-39-75-33-31-73-30-32-74-38-45(70)26-23-42-21-24-43(25-22-42)58-65-63-41(3)64-66-58;1-14-20-22-18(23-21-14)16-5-2-15(3-6-16)4-7-17(24)12-26-10-8-25-9-11-27-13-19/h10-11,17-18,21-22,24-25,34-36,40H,9,12-16,19-20,23,26-33,37-39H2,1-8H3;2-3,5-6H,4,7-13,19H2,1H3/p+1. The molecule has 11 rings (SSSR count). The number of ketones is 2. The maximum Gasteiger partial charge on any atom is 0.254 e. The van der Waals surface area contributed by atoms with E-state index < -0.39 is 0 Å². The monoisotopic (exact) mass is 1390 g/mol. The van der Waals surface area contributed by atoms with E-state index in [1.807, 2.05) is 72.6 Å². The van der Waals surface area contributed by atoms with Crippen LogP contribution in [0.2, 0.25) is 0 Å². The second-order valence-corrected chi connectivity index (χ2v) is 27.9. The lowest BCUT2D eigenvalue weighted by molar-refractivity contribution is -0.125. The molecule has 5 heterocycles. The van der Waals surface area contributed by atoms with Crippen LogP contribution < -0.4 is 31.1 Å². The van der Waals surface area contributed by atoms with Gasteiger partial charge < -0.3 is 49.3 Å². The van der Waals surface area contributed by atoms with E-state index >= 15 is 0 Å². The molecule has 3 aliphatic heterocycles. The van der Waals surface area contributed by atoms with Gasteiger partial charge in [-0.3, -0.25) is 19.2 Å². The van der Waals surface area contributed by atoms with Crippen molar-refractivity contribution in [2.45, 2.75) is 149 Å². The highest BCUT2D eigenvalue weighted by atomic mass is 16.6. The summed E-state index contributed by atoms with van der Waals surface area (Å²) in [6.07, 6.45) is 9.25. The number of aromatic nitrogens is 8. The highest BCUT2D eigenvalue weighted by Crippen LogP contribution is 2.50. The number of anilines is 1. The third-order valence-corrected chi connectivity index (χ3v) is 19.6. The number of hydrogen-bond acceptors (Lipinski definition) is 20. The van der Waals surface area contributed by atoms with Crippen LogP contribution in [0.15, 0.2) is 91.0 Å². The lowest BCUT2D eigenvalue weighted by Gasteiger charge is -2.48.